The number of nitrogens with zero attached hydrogens (tertiary/aromatic N) is 1. The molecule has 0 spiro atoms. The summed E-state index contributed by atoms with van der Waals surface area (Å²) in [5.41, 5.74) is 0.900. The summed E-state index contributed by atoms with van der Waals surface area (Å²) in [4.78, 5) is 14.8. The van der Waals surface area contributed by atoms with Crippen LogP contribution in [0.25, 0.3) is 0 Å². The minimum Gasteiger partial charge on any atom is -0.508 e. The Labute approximate surface area is 166 Å². The molecular formula is C23H28N2O3. The van der Waals surface area contributed by atoms with Crippen molar-refractivity contribution in [2.45, 2.75) is 50.4 Å². The summed E-state index contributed by atoms with van der Waals surface area (Å²) >= 11 is 0. The first-order valence-electron chi connectivity index (χ1n) is 10.0. The Hall–Kier alpha value is -2.37. The molecule has 1 aliphatic heterocycles. The number of carbonyl (C=O) groups excluding carboxylic acids is 1. The smallest absolute Gasteiger partial charge is 0.223 e. The van der Waals surface area contributed by atoms with E-state index < -0.39 is 11.6 Å². The van der Waals surface area contributed by atoms with Gasteiger partial charge in [0.25, 0.3) is 0 Å². The van der Waals surface area contributed by atoms with Gasteiger partial charge in [0.05, 0.1) is 17.7 Å². The minimum absolute atomic E-state index is 0.0376. The zero-order chi connectivity index (χ0) is 19.7. The van der Waals surface area contributed by atoms with E-state index in [9.17, 15) is 15.0 Å². The lowest BCUT2D eigenvalue weighted by molar-refractivity contribution is -0.130. The number of hydrogen-bond acceptors (Lipinski definition) is 4. The van der Waals surface area contributed by atoms with Gasteiger partial charge in [-0.2, -0.15) is 0 Å². The molecule has 3 unspecified atom stereocenters. The average molecular weight is 380 g/mol. The Balaban J connectivity index is 1.68. The van der Waals surface area contributed by atoms with Crippen LogP contribution >= 0.6 is 0 Å². The van der Waals surface area contributed by atoms with Crippen LogP contribution in [0, 0.1) is 5.92 Å². The molecule has 0 bridgehead atoms. The second kappa shape index (κ2) is 7.57. The molecule has 1 saturated heterocycles. The zero-order valence-electron chi connectivity index (χ0n) is 16.2. The van der Waals surface area contributed by atoms with Crippen molar-refractivity contribution in [2.24, 2.45) is 5.92 Å². The van der Waals surface area contributed by atoms with Gasteiger partial charge in [0.2, 0.25) is 5.91 Å². The first kappa shape index (κ1) is 19.0. The first-order chi connectivity index (χ1) is 13.5. The molecule has 1 saturated carbocycles. The van der Waals surface area contributed by atoms with Crippen molar-refractivity contribution in [2.75, 3.05) is 6.54 Å². The number of para-hydroxylation sites is 1. The maximum Gasteiger partial charge on any atom is 0.223 e. The van der Waals surface area contributed by atoms with Crippen molar-refractivity contribution in [3.63, 3.8) is 0 Å². The number of phenolic OH excluding ortho intramolecular Hbond substituents is 1. The number of rotatable bonds is 5. The molecule has 1 heterocycles. The number of phenols is 1. The van der Waals surface area contributed by atoms with E-state index in [1.165, 1.54) is 0 Å². The van der Waals surface area contributed by atoms with Crippen molar-refractivity contribution >= 4 is 5.91 Å². The van der Waals surface area contributed by atoms with Crippen molar-refractivity contribution in [3.8, 4) is 5.75 Å². The number of benzene rings is 2. The number of amides is 1. The Bertz CT molecular complexity index is 833. The van der Waals surface area contributed by atoms with Crippen molar-refractivity contribution in [1.29, 1.82) is 0 Å². The number of piperidine rings is 1. The monoisotopic (exact) mass is 380 g/mol. The quantitative estimate of drug-likeness (QED) is 0.746. The maximum atomic E-state index is 12.6. The summed E-state index contributed by atoms with van der Waals surface area (Å²) in [6.45, 7) is 3.05. The molecule has 148 valence electrons. The van der Waals surface area contributed by atoms with E-state index in [4.69, 9.17) is 0 Å². The van der Waals surface area contributed by atoms with Gasteiger partial charge in [0.1, 0.15) is 5.75 Å². The molecule has 3 N–H and O–H groups in total. The molecule has 5 nitrogen and oxygen atoms in total. The van der Waals surface area contributed by atoms with Gasteiger partial charge < -0.3 is 15.5 Å². The largest absolute Gasteiger partial charge is 0.508 e. The number of aromatic hydroxyl groups is 1. The predicted octanol–water partition coefficient (Wildman–Crippen LogP) is 2.99. The summed E-state index contributed by atoms with van der Waals surface area (Å²) in [6, 6.07) is 16.8. The fourth-order valence-electron chi connectivity index (χ4n) is 4.16. The molecule has 2 aliphatic rings. The molecule has 4 rings (SSSR count). The van der Waals surface area contributed by atoms with Gasteiger partial charge in [-0.3, -0.25) is 9.69 Å². The number of aliphatic hydroxyl groups is 1. The molecule has 28 heavy (non-hydrogen) atoms. The van der Waals surface area contributed by atoms with Crippen LogP contribution in [0.4, 0.5) is 0 Å². The maximum absolute atomic E-state index is 12.6. The van der Waals surface area contributed by atoms with E-state index in [0.29, 0.717) is 19.5 Å². The third-order valence-corrected chi connectivity index (χ3v) is 6.04. The third-order valence-electron chi connectivity index (χ3n) is 6.04. The van der Waals surface area contributed by atoms with E-state index in [1.807, 2.05) is 55.5 Å². The number of carbonyl (C=O) groups is 1. The van der Waals surface area contributed by atoms with E-state index in [0.717, 1.165) is 24.0 Å². The highest BCUT2D eigenvalue weighted by Crippen LogP contribution is 2.39. The van der Waals surface area contributed by atoms with E-state index >= 15 is 0 Å². The van der Waals surface area contributed by atoms with Gasteiger partial charge in [0, 0.05) is 24.6 Å². The van der Waals surface area contributed by atoms with E-state index in [1.54, 1.807) is 6.07 Å². The van der Waals surface area contributed by atoms with Crippen LogP contribution in [-0.4, -0.2) is 39.2 Å². The molecule has 5 heteroatoms. The van der Waals surface area contributed by atoms with Crippen LogP contribution in [-0.2, 0) is 11.3 Å². The van der Waals surface area contributed by atoms with Gasteiger partial charge >= 0.3 is 0 Å². The molecule has 0 aromatic heterocycles. The standard InChI is InChI=1S/C23H28N2O3/c1-23(28)13-14-25(15-18-9-5-6-10-19(18)26)20(16-7-3-2-4-8-16)21(23)24-22(27)17-11-12-17/h2-10,17,20-21,26,28H,11-15H2,1H3,(H,24,27). The van der Waals surface area contributed by atoms with Crippen LogP contribution in [0.15, 0.2) is 54.6 Å². The summed E-state index contributed by atoms with van der Waals surface area (Å²) in [6.07, 6.45) is 2.41. The molecule has 2 aromatic carbocycles. The van der Waals surface area contributed by atoms with E-state index in [2.05, 4.69) is 10.2 Å². The zero-order valence-corrected chi connectivity index (χ0v) is 16.2. The van der Waals surface area contributed by atoms with Gasteiger partial charge in [-0.25, -0.2) is 0 Å². The lowest BCUT2D eigenvalue weighted by Gasteiger charge is -2.49. The highest BCUT2D eigenvalue weighted by Gasteiger charge is 2.47. The van der Waals surface area contributed by atoms with Gasteiger partial charge in [-0.05, 0) is 37.8 Å². The van der Waals surface area contributed by atoms with Gasteiger partial charge in [0.15, 0.2) is 0 Å². The molecule has 3 atom stereocenters. The predicted molar refractivity (Wildman–Crippen MR) is 108 cm³/mol. The van der Waals surface area contributed by atoms with Crippen LogP contribution in [0.3, 0.4) is 0 Å². The Morgan fingerprint density at radius 2 is 1.82 bits per heavy atom. The average Bonchev–Trinajstić information content (AvgIpc) is 3.52. The molecular weight excluding hydrogens is 352 g/mol. The summed E-state index contributed by atoms with van der Waals surface area (Å²) in [5.74, 6) is 0.390. The lowest BCUT2D eigenvalue weighted by Crippen LogP contribution is -2.62. The number of likely N-dealkylation sites (tertiary alicyclic amines) is 1. The number of hydrogen-bond donors (Lipinski definition) is 3. The summed E-state index contributed by atoms with van der Waals surface area (Å²) in [7, 11) is 0. The van der Waals surface area contributed by atoms with Gasteiger partial charge in [-0.1, -0.05) is 48.5 Å². The third kappa shape index (κ3) is 3.91. The SMILES string of the molecule is CC1(O)CCN(Cc2ccccc2O)C(c2ccccc2)C1NC(=O)C1CC1. The van der Waals surface area contributed by atoms with E-state index in [-0.39, 0.29) is 23.6 Å². The Kier molecular flexibility index (Phi) is 5.13. The Morgan fingerprint density at radius 1 is 1.14 bits per heavy atom. The normalized spacial score (nSPS) is 28.1. The topological polar surface area (TPSA) is 72.8 Å². The number of nitrogens with one attached hydrogen (secondary N) is 1. The van der Waals surface area contributed by atoms with Crippen molar-refractivity contribution in [3.05, 3.63) is 65.7 Å². The highest BCUT2D eigenvalue weighted by atomic mass is 16.3. The molecule has 2 fully saturated rings. The lowest BCUT2D eigenvalue weighted by atomic mass is 9.79. The second-order valence-electron chi connectivity index (χ2n) is 8.32. The second-order valence-corrected chi connectivity index (χ2v) is 8.32. The van der Waals surface area contributed by atoms with Crippen LogP contribution < -0.4 is 5.32 Å². The fraction of sp³-hybridized carbons (Fsp3) is 0.435. The Morgan fingerprint density at radius 3 is 2.50 bits per heavy atom. The minimum atomic E-state index is -1.000. The van der Waals surface area contributed by atoms with Gasteiger partial charge in [-0.15, -0.1) is 0 Å². The molecule has 1 amide bonds. The summed E-state index contributed by atoms with van der Waals surface area (Å²) in [5, 5.41) is 24.6. The molecule has 0 radical (unpaired) electrons. The molecule has 2 aromatic rings. The molecule has 1 aliphatic carbocycles. The van der Waals surface area contributed by atoms with Crippen LogP contribution in [0.5, 0.6) is 5.75 Å². The first-order valence-corrected chi connectivity index (χ1v) is 10.0. The van der Waals surface area contributed by atoms with Crippen molar-refractivity contribution < 1.29 is 15.0 Å². The summed E-state index contributed by atoms with van der Waals surface area (Å²) < 4.78 is 0. The van der Waals surface area contributed by atoms with Crippen molar-refractivity contribution in [1.82, 2.24) is 10.2 Å². The highest BCUT2D eigenvalue weighted by molar-refractivity contribution is 5.81. The fourth-order valence-corrected chi connectivity index (χ4v) is 4.16. The van der Waals surface area contributed by atoms with Crippen LogP contribution in [0.1, 0.15) is 43.4 Å². The van der Waals surface area contributed by atoms with Crippen LogP contribution in [0.2, 0.25) is 0 Å².